The molecule has 0 saturated heterocycles. The van der Waals surface area contributed by atoms with Gasteiger partial charge in [0.25, 0.3) is 6.47 Å². The van der Waals surface area contributed by atoms with Gasteiger partial charge < -0.3 is 39.7 Å². The number of rotatable bonds is 7. The maximum atomic E-state index is 12.0. The van der Waals surface area contributed by atoms with Crippen LogP contribution in [-0.2, 0) is 21.0 Å². The SMILES string of the molecule is BrB(Br)Br.CC(C)(C)OC(=O)c1ccc(COc2ccc3occc3c2)cc1.COc1ccc(O)c(C=O)c1.Cc1ccc2occc2c1.O=CO[O-].[H-].[K+].[K+]. The Labute approximate surface area is 431 Å². The third kappa shape index (κ3) is 21.9. The zero-order valence-corrected chi connectivity index (χ0v) is 42.4. The Balaban J connectivity index is 0. The van der Waals surface area contributed by atoms with E-state index in [4.69, 9.17) is 38.2 Å². The molecule has 0 saturated carbocycles. The summed E-state index contributed by atoms with van der Waals surface area (Å²) < 4.78 is 26.7. The predicted octanol–water partition coefficient (Wildman–Crippen LogP) is 3.63. The van der Waals surface area contributed by atoms with Gasteiger partial charge >= 0.3 is 112 Å². The number of carbonyl (C=O) groups excluding carboxylic acids is 3. The summed E-state index contributed by atoms with van der Waals surface area (Å²) in [5.41, 5.74) is 4.33. The van der Waals surface area contributed by atoms with Crippen LogP contribution in [-0.4, -0.2) is 39.7 Å². The van der Waals surface area contributed by atoms with E-state index in [0.29, 0.717) is 24.2 Å². The molecule has 0 aliphatic heterocycles. The number of fused-ring (bicyclic) bond motifs is 2. The van der Waals surface area contributed by atoms with Gasteiger partial charge in [0, 0.05) is 10.8 Å². The van der Waals surface area contributed by atoms with Crippen molar-refractivity contribution in [2.24, 2.45) is 0 Å². The predicted molar refractivity (Wildman–Crippen MR) is 214 cm³/mol. The first-order valence-corrected chi connectivity index (χ1v) is 18.3. The number of phenolic OH excluding ortho intramolecular Hbond substituents is 1. The number of phenols is 1. The van der Waals surface area contributed by atoms with Gasteiger partial charge in [-0.05, 0) is 106 Å². The number of esters is 1. The Morgan fingerprint density at radius 1 is 0.836 bits per heavy atom. The zero-order chi connectivity index (χ0) is 39.4. The summed E-state index contributed by atoms with van der Waals surface area (Å²) in [7, 11) is 1.50. The van der Waals surface area contributed by atoms with Crippen LogP contribution >= 0.6 is 47.3 Å². The van der Waals surface area contributed by atoms with Crippen molar-refractivity contribution in [1.82, 2.24) is 0 Å². The van der Waals surface area contributed by atoms with Crippen molar-refractivity contribution in [2.45, 2.75) is 39.9 Å². The fourth-order valence-corrected chi connectivity index (χ4v) is 4.12. The minimum absolute atomic E-state index is 0. The molecule has 0 aliphatic carbocycles. The van der Waals surface area contributed by atoms with E-state index in [9.17, 15) is 9.59 Å². The van der Waals surface area contributed by atoms with Gasteiger partial charge in [-0.1, -0.05) is 23.8 Å². The largest absolute Gasteiger partial charge is 1.00 e. The number of aromatic hydroxyl groups is 1. The monoisotopic (exact) mass is 996 g/mol. The summed E-state index contributed by atoms with van der Waals surface area (Å²) in [6, 6.07) is 27.5. The Bertz CT molecular complexity index is 2020. The van der Waals surface area contributed by atoms with Crippen LogP contribution in [0.15, 0.2) is 112 Å². The van der Waals surface area contributed by atoms with E-state index < -0.39 is 5.60 Å². The number of methoxy groups -OCH3 is 1. The topological polar surface area (TPSA) is 158 Å². The van der Waals surface area contributed by atoms with Gasteiger partial charge in [-0.25, -0.2) is 4.79 Å². The van der Waals surface area contributed by atoms with Gasteiger partial charge in [0.2, 0.25) is 0 Å². The van der Waals surface area contributed by atoms with Crippen LogP contribution in [0.2, 0.25) is 0 Å². The van der Waals surface area contributed by atoms with Crippen molar-refractivity contribution in [3.63, 3.8) is 0 Å². The molecule has 11 nitrogen and oxygen atoms in total. The van der Waals surface area contributed by atoms with Crippen LogP contribution in [0.25, 0.3) is 21.9 Å². The molecule has 0 fully saturated rings. The van der Waals surface area contributed by atoms with Gasteiger partial charge in [0.1, 0.15) is 40.6 Å². The molecule has 55 heavy (non-hydrogen) atoms. The molecule has 0 unspecified atom stereocenters. The number of furan rings is 2. The Hall–Kier alpha value is -1.29. The van der Waals surface area contributed by atoms with Crippen LogP contribution in [0.5, 0.6) is 17.2 Å². The van der Waals surface area contributed by atoms with Crippen LogP contribution in [0.3, 0.4) is 0 Å². The summed E-state index contributed by atoms with van der Waals surface area (Å²) in [6.45, 7) is 7.88. The number of hydrogen-bond donors (Lipinski definition) is 1. The average molecular weight is 999 g/mol. The first-order valence-electron chi connectivity index (χ1n) is 15.5. The number of benzene rings is 4. The van der Waals surface area contributed by atoms with Crippen LogP contribution in [0, 0.1) is 6.92 Å². The van der Waals surface area contributed by atoms with Gasteiger partial charge in [-0.3, -0.25) is 9.59 Å². The molecule has 6 aromatic rings. The smallest absolute Gasteiger partial charge is 1.00 e. The molecular weight excluding hydrogens is 961 g/mol. The first-order chi connectivity index (χ1) is 25.2. The van der Waals surface area contributed by atoms with Gasteiger partial charge in [0.15, 0.2) is 6.29 Å². The molecule has 0 radical (unpaired) electrons. The molecule has 6 rings (SSSR count). The molecular formula is C38H38BBr3K2O11. The first kappa shape index (κ1) is 53.7. The van der Waals surface area contributed by atoms with E-state index in [0.717, 1.165) is 27.9 Å². The Morgan fingerprint density at radius 3 is 1.87 bits per heavy atom. The zero-order valence-electron chi connectivity index (χ0n) is 32.4. The van der Waals surface area contributed by atoms with Crippen LogP contribution < -0.4 is 118 Å². The van der Waals surface area contributed by atoms with Crippen LogP contribution in [0.1, 0.15) is 54.0 Å². The number of aldehydes is 1. The Morgan fingerprint density at radius 2 is 1.36 bits per heavy atom. The maximum absolute atomic E-state index is 12.0. The van der Waals surface area contributed by atoms with Crippen molar-refractivity contribution in [1.29, 1.82) is 0 Å². The minimum Gasteiger partial charge on any atom is -1.00 e. The van der Waals surface area contributed by atoms with Gasteiger partial charge in [0.05, 0.1) is 30.8 Å². The molecule has 17 heteroatoms. The summed E-state index contributed by atoms with van der Waals surface area (Å²) in [6.07, 6.45) is 3.95. The maximum Gasteiger partial charge on any atom is 1.00 e. The number of ether oxygens (including phenoxy) is 3. The molecule has 0 spiro atoms. The number of halogens is 3. The van der Waals surface area contributed by atoms with Crippen molar-refractivity contribution >= 4 is 91.1 Å². The van der Waals surface area contributed by atoms with E-state index in [1.807, 2.05) is 75.4 Å². The molecule has 282 valence electrons. The number of hydrogen-bond acceptors (Lipinski definition) is 11. The van der Waals surface area contributed by atoms with Crippen molar-refractivity contribution in [3.8, 4) is 17.2 Å². The molecule has 0 amide bonds. The molecule has 4 aromatic carbocycles. The summed E-state index contributed by atoms with van der Waals surface area (Å²) in [5.74, 6) is 0.992. The second-order valence-corrected chi connectivity index (χ2v) is 18.0. The average Bonchev–Trinajstić information content (AvgIpc) is 3.80. The summed E-state index contributed by atoms with van der Waals surface area (Å²) >= 11 is 9.31. The van der Waals surface area contributed by atoms with Gasteiger partial charge in [-0.15, -0.1) is 47.3 Å². The third-order valence-corrected chi connectivity index (χ3v) is 6.43. The molecule has 2 heterocycles. The number of carbonyl (C=O) groups is 3. The summed E-state index contributed by atoms with van der Waals surface area (Å²) in [5, 5.41) is 19.7. The number of aryl methyl sites for hydroxylation is 1. The quantitative estimate of drug-likeness (QED) is 0.0820. The second kappa shape index (κ2) is 29.0. The van der Waals surface area contributed by atoms with Crippen molar-refractivity contribution in [3.05, 3.63) is 126 Å². The fraction of sp³-hybridized carbons (Fsp3) is 0.184. The Kier molecular flexibility index (Phi) is 28.3. The molecule has 2 aromatic heterocycles. The van der Waals surface area contributed by atoms with Crippen LogP contribution in [0.4, 0.5) is 0 Å². The van der Waals surface area contributed by atoms with E-state index >= 15 is 0 Å². The standard InChI is InChI=1S/C20H20O4.C9H8O.C8H8O3.CH2O3.BBr3.2K.H/c1-20(2,3)24-19(21)15-6-4-14(5-7-15)13-23-17-8-9-18-16(12-17)10-11-22-18;1-7-2-3-9-8(6-7)4-5-10-9;1-11-7-2-3-8(10)6(4-7)5-9;2-1-4-3;2-1(3)4;;;/h4-12H,13H2,1-3H3;2-6H,1H3;2-5,10H,1H3;1,3H;;;;/q;;;;;2*+1;-1/p-1. The molecule has 0 aliphatic rings. The van der Waals surface area contributed by atoms with E-state index in [2.05, 4.69) is 65.1 Å². The van der Waals surface area contributed by atoms with Gasteiger partial charge in [-0.2, -0.15) is 0 Å². The molecule has 0 atom stereocenters. The third-order valence-electron chi connectivity index (χ3n) is 6.43. The molecule has 0 bridgehead atoms. The normalized spacial score (nSPS) is 9.62. The van der Waals surface area contributed by atoms with E-state index in [1.54, 1.807) is 30.7 Å². The van der Waals surface area contributed by atoms with E-state index in [-0.39, 0.29) is 131 Å². The van der Waals surface area contributed by atoms with E-state index in [1.165, 1.54) is 30.2 Å². The van der Waals surface area contributed by atoms with Crippen molar-refractivity contribution < 1.29 is 157 Å². The summed E-state index contributed by atoms with van der Waals surface area (Å²) in [4.78, 5) is 33.5. The molecule has 1 N–H and O–H groups in total. The minimum atomic E-state index is -0.495. The van der Waals surface area contributed by atoms with Crippen molar-refractivity contribution in [2.75, 3.05) is 7.11 Å². The fourth-order valence-electron chi connectivity index (χ4n) is 4.12. The second-order valence-electron chi connectivity index (χ2n) is 11.6.